The first-order chi connectivity index (χ1) is 10.6. The number of esters is 1. The molecular weight excluding hydrogens is 302 g/mol. The summed E-state index contributed by atoms with van der Waals surface area (Å²) in [7, 11) is 0. The van der Waals surface area contributed by atoms with Crippen molar-refractivity contribution < 1.29 is 9.53 Å². The van der Waals surface area contributed by atoms with Crippen molar-refractivity contribution in [3.63, 3.8) is 0 Å². The standard InChI is InChI=1S/C16H14ClN3O2/c1-2-22-16(21)12-5-3-4-11(8-12)10-19-15-7-6-13(17)14(9-18)20-15/h3-8H,2,10H2,1H3,(H,19,20). The van der Waals surface area contributed by atoms with Gasteiger partial charge in [-0.1, -0.05) is 23.7 Å². The fraction of sp³-hybridized carbons (Fsp3) is 0.188. The minimum absolute atomic E-state index is 0.173. The second kappa shape index (κ2) is 7.43. The summed E-state index contributed by atoms with van der Waals surface area (Å²) in [6.07, 6.45) is 0. The van der Waals surface area contributed by atoms with Crippen LogP contribution in [0.4, 0.5) is 5.82 Å². The van der Waals surface area contributed by atoms with Crippen molar-refractivity contribution >= 4 is 23.4 Å². The van der Waals surface area contributed by atoms with Crippen LogP contribution >= 0.6 is 11.6 Å². The van der Waals surface area contributed by atoms with E-state index in [1.165, 1.54) is 0 Å². The maximum atomic E-state index is 11.7. The van der Waals surface area contributed by atoms with E-state index in [9.17, 15) is 4.79 Å². The molecule has 6 heteroatoms. The van der Waals surface area contributed by atoms with Crippen LogP contribution in [0, 0.1) is 11.3 Å². The molecule has 0 saturated heterocycles. The van der Waals surface area contributed by atoms with Crippen LogP contribution in [0.2, 0.25) is 5.02 Å². The highest BCUT2D eigenvalue weighted by atomic mass is 35.5. The zero-order chi connectivity index (χ0) is 15.9. The van der Waals surface area contributed by atoms with Gasteiger partial charge in [0, 0.05) is 6.54 Å². The number of rotatable bonds is 5. The summed E-state index contributed by atoms with van der Waals surface area (Å²) in [5, 5.41) is 12.3. The van der Waals surface area contributed by atoms with Crippen molar-refractivity contribution in [3.05, 3.63) is 58.2 Å². The number of anilines is 1. The molecule has 0 aliphatic carbocycles. The molecule has 0 aliphatic rings. The molecule has 0 bridgehead atoms. The lowest BCUT2D eigenvalue weighted by atomic mass is 10.1. The predicted octanol–water partition coefficient (Wildman–Crippen LogP) is 3.40. The Morgan fingerprint density at radius 2 is 2.23 bits per heavy atom. The van der Waals surface area contributed by atoms with Crippen molar-refractivity contribution in [2.24, 2.45) is 0 Å². The van der Waals surface area contributed by atoms with Crippen LogP contribution in [0.3, 0.4) is 0 Å². The van der Waals surface area contributed by atoms with Crippen molar-refractivity contribution in [1.82, 2.24) is 4.98 Å². The van der Waals surface area contributed by atoms with E-state index in [0.29, 0.717) is 29.6 Å². The monoisotopic (exact) mass is 315 g/mol. The van der Waals surface area contributed by atoms with Crippen LogP contribution in [0.1, 0.15) is 28.5 Å². The van der Waals surface area contributed by atoms with Gasteiger partial charge in [-0.25, -0.2) is 9.78 Å². The molecule has 22 heavy (non-hydrogen) atoms. The molecule has 0 radical (unpaired) electrons. The predicted molar refractivity (Wildman–Crippen MR) is 83.7 cm³/mol. The number of pyridine rings is 1. The third-order valence-corrected chi connectivity index (χ3v) is 3.17. The van der Waals surface area contributed by atoms with E-state index in [1.54, 1.807) is 37.3 Å². The minimum Gasteiger partial charge on any atom is -0.462 e. The lowest BCUT2D eigenvalue weighted by Gasteiger charge is -2.08. The lowest BCUT2D eigenvalue weighted by Crippen LogP contribution is -2.07. The van der Waals surface area contributed by atoms with Gasteiger partial charge in [0.1, 0.15) is 11.9 Å². The van der Waals surface area contributed by atoms with E-state index >= 15 is 0 Å². The number of hydrogen-bond acceptors (Lipinski definition) is 5. The first-order valence-corrected chi connectivity index (χ1v) is 7.08. The van der Waals surface area contributed by atoms with Crippen LogP contribution in [-0.2, 0) is 11.3 Å². The largest absolute Gasteiger partial charge is 0.462 e. The van der Waals surface area contributed by atoms with Gasteiger partial charge < -0.3 is 10.1 Å². The number of nitrogens with one attached hydrogen (secondary N) is 1. The van der Waals surface area contributed by atoms with E-state index < -0.39 is 0 Å². The minimum atomic E-state index is -0.347. The van der Waals surface area contributed by atoms with Crippen molar-refractivity contribution in [2.45, 2.75) is 13.5 Å². The Labute approximate surface area is 133 Å². The number of nitrogens with zero attached hydrogens (tertiary/aromatic N) is 2. The van der Waals surface area contributed by atoms with E-state index in [2.05, 4.69) is 10.3 Å². The summed E-state index contributed by atoms with van der Waals surface area (Å²) in [6.45, 7) is 2.57. The maximum Gasteiger partial charge on any atom is 0.338 e. The Balaban J connectivity index is 2.07. The molecular formula is C16H14ClN3O2. The van der Waals surface area contributed by atoms with Crippen molar-refractivity contribution in [2.75, 3.05) is 11.9 Å². The molecule has 2 aromatic rings. The molecule has 1 heterocycles. The maximum absolute atomic E-state index is 11.7. The Bertz CT molecular complexity index is 726. The second-order valence-electron chi connectivity index (χ2n) is 4.41. The molecule has 112 valence electrons. The number of aromatic nitrogens is 1. The van der Waals surface area contributed by atoms with Gasteiger partial charge in [-0.3, -0.25) is 0 Å². The molecule has 1 N–H and O–H groups in total. The lowest BCUT2D eigenvalue weighted by molar-refractivity contribution is 0.0526. The van der Waals surface area contributed by atoms with E-state index in [1.807, 2.05) is 12.1 Å². The van der Waals surface area contributed by atoms with Gasteiger partial charge in [-0.15, -0.1) is 0 Å². The molecule has 1 aromatic carbocycles. The molecule has 0 spiro atoms. The molecule has 5 nitrogen and oxygen atoms in total. The first-order valence-electron chi connectivity index (χ1n) is 6.70. The topological polar surface area (TPSA) is 75.0 Å². The SMILES string of the molecule is CCOC(=O)c1cccc(CNc2ccc(Cl)c(C#N)n2)c1. The van der Waals surface area contributed by atoms with E-state index in [4.69, 9.17) is 21.6 Å². The number of carbonyl (C=O) groups is 1. The Morgan fingerprint density at radius 3 is 2.95 bits per heavy atom. The number of ether oxygens (including phenoxy) is 1. The van der Waals surface area contributed by atoms with Crippen LogP contribution in [0.5, 0.6) is 0 Å². The van der Waals surface area contributed by atoms with Gasteiger partial charge >= 0.3 is 5.97 Å². The Kier molecular flexibility index (Phi) is 5.34. The zero-order valence-electron chi connectivity index (χ0n) is 12.0. The van der Waals surface area contributed by atoms with Gasteiger partial charge in [0.2, 0.25) is 0 Å². The van der Waals surface area contributed by atoms with Crippen molar-refractivity contribution in [3.8, 4) is 6.07 Å². The van der Waals surface area contributed by atoms with Crippen LogP contribution < -0.4 is 5.32 Å². The fourth-order valence-corrected chi connectivity index (χ4v) is 1.98. The number of benzene rings is 1. The number of halogens is 1. The quantitative estimate of drug-likeness (QED) is 0.856. The third-order valence-electron chi connectivity index (χ3n) is 2.86. The summed E-state index contributed by atoms with van der Waals surface area (Å²) in [5.41, 5.74) is 1.58. The first kappa shape index (κ1) is 15.8. The van der Waals surface area contributed by atoms with Gasteiger partial charge in [0.15, 0.2) is 5.69 Å². The summed E-state index contributed by atoms with van der Waals surface area (Å²) >= 11 is 5.83. The normalized spacial score (nSPS) is 9.86. The van der Waals surface area contributed by atoms with E-state index in [0.717, 1.165) is 5.56 Å². The average molecular weight is 316 g/mol. The van der Waals surface area contributed by atoms with Gasteiger partial charge in [0.05, 0.1) is 17.2 Å². The van der Waals surface area contributed by atoms with Crippen LogP contribution in [0.15, 0.2) is 36.4 Å². The summed E-state index contributed by atoms with van der Waals surface area (Å²) in [6, 6.07) is 12.4. The molecule has 0 atom stereocenters. The summed E-state index contributed by atoms with van der Waals surface area (Å²) in [4.78, 5) is 15.8. The summed E-state index contributed by atoms with van der Waals surface area (Å²) < 4.78 is 4.97. The van der Waals surface area contributed by atoms with Gasteiger partial charge in [-0.05, 0) is 36.8 Å². The van der Waals surface area contributed by atoms with Gasteiger partial charge in [-0.2, -0.15) is 5.26 Å². The highest BCUT2D eigenvalue weighted by molar-refractivity contribution is 6.31. The Hall–Kier alpha value is -2.58. The Morgan fingerprint density at radius 1 is 1.41 bits per heavy atom. The highest BCUT2D eigenvalue weighted by Crippen LogP contribution is 2.16. The van der Waals surface area contributed by atoms with E-state index in [-0.39, 0.29) is 11.7 Å². The van der Waals surface area contributed by atoms with Crippen LogP contribution in [0.25, 0.3) is 0 Å². The second-order valence-corrected chi connectivity index (χ2v) is 4.82. The van der Waals surface area contributed by atoms with Crippen LogP contribution in [-0.4, -0.2) is 17.6 Å². The molecule has 0 amide bonds. The highest BCUT2D eigenvalue weighted by Gasteiger charge is 2.07. The zero-order valence-corrected chi connectivity index (χ0v) is 12.7. The molecule has 0 aliphatic heterocycles. The molecule has 0 saturated carbocycles. The molecule has 1 aromatic heterocycles. The van der Waals surface area contributed by atoms with Gasteiger partial charge in [0.25, 0.3) is 0 Å². The number of carbonyl (C=O) groups excluding carboxylic acids is 1. The fourth-order valence-electron chi connectivity index (χ4n) is 1.83. The third kappa shape index (κ3) is 3.96. The molecule has 2 rings (SSSR count). The number of nitriles is 1. The average Bonchev–Trinajstić information content (AvgIpc) is 2.54. The molecule has 0 unspecified atom stereocenters. The number of hydrogen-bond donors (Lipinski definition) is 1. The summed E-state index contributed by atoms with van der Waals surface area (Å²) in [5.74, 6) is 0.197. The molecule has 0 fully saturated rings. The van der Waals surface area contributed by atoms with Crippen molar-refractivity contribution in [1.29, 1.82) is 5.26 Å². The smallest absolute Gasteiger partial charge is 0.338 e.